The van der Waals surface area contributed by atoms with Crippen molar-refractivity contribution in [2.24, 2.45) is 0 Å². The van der Waals surface area contributed by atoms with Crippen LogP contribution in [0.15, 0.2) is 0 Å². The number of hydrogen-bond acceptors (Lipinski definition) is 2. The summed E-state index contributed by atoms with van der Waals surface area (Å²) in [7, 11) is 0. The highest BCUT2D eigenvalue weighted by molar-refractivity contribution is 4.80. The van der Waals surface area contributed by atoms with Crippen LogP contribution >= 0.6 is 0 Å². The molecule has 0 radical (unpaired) electrons. The maximum atomic E-state index is 3.43. The maximum Gasteiger partial charge on any atom is 0.0232 e. The van der Waals surface area contributed by atoms with Gasteiger partial charge in [0.15, 0.2) is 0 Å². The fraction of sp³-hybridized carbons (Fsp3) is 1.00. The van der Waals surface area contributed by atoms with Gasteiger partial charge >= 0.3 is 0 Å². The van der Waals surface area contributed by atoms with Crippen molar-refractivity contribution in [3.05, 3.63) is 0 Å². The third kappa shape index (κ3) is 2.76. The Hall–Kier alpha value is -0.0800. The lowest BCUT2D eigenvalue weighted by Gasteiger charge is -2.27. The molecule has 1 atom stereocenters. The summed E-state index contributed by atoms with van der Waals surface area (Å²) in [6.45, 7) is 9.52. The predicted octanol–water partition coefficient (Wildman–Crippen LogP) is 1.47. The summed E-state index contributed by atoms with van der Waals surface area (Å²) in [5, 5.41) is 3.43. The number of rotatable bonds is 5. The van der Waals surface area contributed by atoms with Gasteiger partial charge in [-0.1, -0.05) is 13.8 Å². The van der Waals surface area contributed by atoms with E-state index in [-0.39, 0.29) is 0 Å². The van der Waals surface area contributed by atoms with Gasteiger partial charge in [0.25, 0.3) is 0 Å². The SMILES string of the molecule is CCCN(CCC)[C@H]1CCNC1. The van der Waals surface area contributed by atoms with Crippen LogP contribution in [-0.2, 0) is 0 Å². The maximum absolute atomic E-state index is 3.43. The average Bonchev–Trinajstić information content (AvgIpc) is 2.56. The Labute approximate surface area is 76.3 Å². The van der Waals surface area contributed by atoms with Crippen LogP contribution in [-0.4, -0.2) is 37.1 Å². The molecule has 12 heavy (non-hydrogen) atoms. The van der Waals surface area contributed by atoms with E-state index in [9.17, 15) is 0 Å². The van der Waals surface area contributed by atoms with Crippen LogP contribution < -0.4 is 5.32 Å². The molecule has 0 aromatic heterocycles. The molecule has 0 aliphatic carbocycles. The molecule has 0 aromatic rings. The van der Waals surface area contributed by atoms with E-state index in [0.29, 0.717) is 0 Å². The quantitative estimate of drug-likeness (QED) is 0.672. The average molecular weight is 170 g/mol. The summed E-state index contributed by atoms with van der Waals surface area (Å²) < 4.78 is 0. The summed E-state index contributed by atoms with van der Waals surface area (Å²) in [5.41, 5.74) is 0. The molecule has 1 saturated heterocycles. The van der Waals surface area contributed by atoms with Gasteiger partial charge in [-0.25, -0.2) is 0 Å². The first-order valence-corrected chi connectivity index (χ1v) is 5.33. The molecule has 2 nitrogen and oxygen atoms in total. The van der Waals surface area contributed by atoms with Gasteiger partial charge in [0.2, 0.25) is 0 Å². The summed E-state index contributed by atoms with van der Waals surface area (Å²) in [5.74, 6) is 0. The molecule has 1 rings (SSSR count). The van der Waals surface area contributed by atoms with Crippen LogP contribution in [0.1, 0.15) is 33.1 Å². The van der Waals surface area contributed by atoms with Crippen molar-refractivity contribution >= 4 is 0 Å². The van der Waals surface area contributed by atoms with Gasteiger partial charge in [0.05, 0.1) is 0 Å². The van der Waals surface area contributed by atoms with Crippen LogP contribution in [0.2, 0.25) is 0 Å². The van der Waals surface area contributed by atoms with E-state index in [2.05, 4.69) is 24.1 Å². The fourth-order valence-electron chi connectivity index (χ4n) is 2.00. The zero-order valence-corrected chi connectivity index (χ0v) is 8.47. The Morgan fingerprint density at radius 3 is 2.33 bits per heavy atom. The van der Waals surface area contributed by atoms with E-state index in [1.807, 2.05) is 0 Å². The third-order valence-corrected chi connectivity index (χ3v) is 2.57. The fourth-order valence-corrected chi connectivity index (χ4v) is 2.00. The van der Waals surface area contributed by atoms with Crippen molar-refractivity contribution in [2.45, 2.75) is 39.2 Å². The third-order valence-electron chi connectivity index (χ3n) is 2.57. The highest BCUT2D eigenvalue weighted by Gasteiger charge is 2.20. The minimum Gasteiger partial charge on any atom is -0.315 e. The van der Waals surface area contributed by atoms with Crippen molar-refractivity contribution in [2.75, 3.05) is 26.2 Å². The number of nitrogens with zero attached hydrogens (tertiary/aromatic N) is 1. The Balaban J connectivity index is 2.29. The van der Waals surface area contributed by atoms with Crippen molar-refractivity contribution < 1.29 is 0 Å². The van der Waals surface area contributed by atoms with Gasteiger partial charge in [-0.15, -0.1) is 0 Å². The lowest BCUT2D eigenvalue weighted by atomic mass is 10.2. The Kier molecular flexibility index (Phi) is 4.62. The molecule has 1 N–H and O–H groups in total. The van der Waals surface area contributed by atoms with Gasteiger partial charge in [0, 0.05) is 12.6 Å². The molecular weight excluding hydrogens is 148 g/mol. The zero-order chi connectivity index (χ0) is 8.81. The summed E-state index contributed by atoms with van der Waals surface area (Å²) in [6, 6.07) is 0.824. The summed E-state index contributed by atoms with van der Waals surface area (Å²) >= 11 is 0. The zero-order valence-electron chi connectivity index (χ0n) is 8.47. The molecule has 0 spiro atoms. The topological polar surface area (TPSA) is 15.3 Å². The summed E-state index contributed by atoms with van der Waals surface area (Å²) in [4.78, 5) is 2.64. The monoisotopic (exact) mass is 170 g/mol. The molecule has 0 unspecified atom stereocenters. The van der Waals surface area contributed by atoms with Gasteiger partial charge in [0.1, 0.15) is 0 Å². The molecule has 72 valence electrons. The van der Waals surface area contributed by atoms with Crippen LogP contribution in [0.25, 0.3) is 0 Å². The number of hydrogen-bond donors (Lipinski definition) is 1. The second kappa shape index (κ2) is 5.55. The molecular formula is C10H22N2. The van der Waals surface area contributed by atoms with E-state index in [1.165, 1.54) is 45.4 Å². The van der Waals surface area contributed by atoms with Crippen LogP contribution in [0, 0.1) is 0 Å². The molecule has 0 aromatic carbocycles. The largest absolute Gasteiger partial charge is 0.315 e. The van der Waals surface area contributed by atoms with Crippen LogP contribution in [0.4, 0.5) is 0 Å². The van der Waals surface area contributed by atoms with E-state index in [4.69, 9.17) is 0 Å². The first-order valence-electron chi connectivity index (χ1n) is 5.33. The van der Waals surface area contributed by atoms with E-state index in [0.717, 1.165) is 6.04 Å². The molecule has 1 fully saturated rings. The molecule has 1 aliphatic rings. The normalized spacial score (nSPS) is 23.8. The molecule has 1 heterocycles. The van der Waals surface area contributed by atoms with Gasteiger partial charge in [-0.2, -0.15) is 0 Å². The van der Waals surface area contributed by atoms with E-state index < -0.39 is 0 Å². The van der Waals surface area contributed by atoms with Crippen molar-refractivity contribution in [1.82, 2.24) is 10.2 Å². The van der Waals surface area contributed by atoms with Gasteiger partial charge < -0.3 is 5.32 Å². The van der Waals surface area contributed by atoms with Crippen LogP contribution in [0.5, 0.6) is 0 Å². The molecule has 1 aliphatic heterocycles. The van der Waals surface area contributed by atoms with Gasteiger partial charge in [-0.3, -0.25) is 4.90 Å². The first kappa shape index (κ1) is 10.0. The predicted molar refractivity (Wildman–Crippen MR) is 53.4 cm³/mol. The van der Waals surface area contributed by atoms with Crippen LogP contribution in [0.3, 0.4) is 0 Å². The van der Waals surface area contributed by atoms with E-state index >= 15 is 0 Å². The molecule has 0 saturated carbocycles. The lowest BCUT2D eigenvalue weighted by Crippen LogP contribution is -2.37. The molecule has 0 bridgehead atoms. The van der Waals surface area contributed by atoms with Crippen molar-refractivity contribution in [3.8, 4) is 0 Å². The smallest absolute Gasteiger partial charge is 0.0232 e. The first-order chi connectivity index (χ1) is 5.88. The minimum atomic E-state index is 0.824. The molecule has 0 amide bonds. The minimum absolute atomic E-state index is 0.824. The van der Waals surface area contributed by atoms with E-state index in [1.54, 1.807) is 0 Å². The highest BCUT2D eigenvalue weighted by atomic mass is 15.2. The second-order valence-corrected chi connectivity index (χ2v) is 3.68. The standard InChI is InChI=1S/C10H22N2/c1-3-7-12(8-4-2)10-5-6-11-9-10/h10-11H,3-9H2,1-2H3/t10-/m0/s1. The number of nitrogens with one attached hydrogen (secondary N) is 1. The summed E-state index contributed by atoms with van der Waals surface area (Å²) in [6.07, 6.45) is 3.92. The Bertz CT molecular complexity index is 102. The highest BCUT2D eigenvalue weighted by Crippen LogP contribution is 2.09. The Morgan fingerprint density at radius 2 is 1.92 bits per heavy atom. The Morgan fingerprint density at radius 1 is 1.25 bits per heavy atom. The van der Waals surface area contributed by atoms with Crippen molar-refractivity contribution in [3.63, 3.8) is 0 Å². The molecule has 2 heteroatoms. The lowest BCUT2D eigenvalue weighted by molar-refractivity contribution is 0.209. The second-order valence-electron chi connectivity index (χ2n) is 3.68. The van der Waals surface area contributed by atoms with Crippen molar-refractivity contribution in [1.29, 1.82) is 0 Å². The van der Waals surface area contributed by atoms with Gasteiger partial charge in [-0.05, 0) is 38.9 Å².